The number of carbonyl (C=O) groups is 1. The number of phenolic OH excluding ortho intramolecular Hbond substituents is 1. The molecule has 8 heteroatoms. The molecule has 0 fully saturated rings. The number of halogens is 2. The van der Waals surface area contributed by atoms with Crippen LogP contribution in [-0.2, 0) is 6.61 Å². The summed E-state index contributed by atoms with van der Waals surface area (Å²) in [7, 11) is 0. The van der Waals surface area contributed by atoms with Crippen molar-refractivity contribution in [1.82, 2.24) is 15.2 Å². The van der Waals surface area contributed by atoms with Crippen molar-refractivity contribution in [2.45, 2.75) is 6.61 Å². The predicted molar refractivity (Wildman–Crippen MR) is 93.1 cm³/mol. The number of aromatic hydroxyl groups is 1. The van der Waals surface area contributed by atoms with E-state index in [1.54, 1.807) is 24.3 Å². The van der Waals surface area contributed by atoms with Crippen LogP contribution in [0.4, 0.5) is 0 Å². The zero-order chi connectivity index (χ0) is 17.8. The zero-order valence-corrected chi connectivity index (χ0v) is 14.2. The molecule has 0 radical (unpaired) electrons. The number of carbonyl (C=O) groups excluding carboxylic acids is 1. The van der Waals surface area contributed by atoms with Gasteiger partial charge in [-0.05, 0) is 17.7 Å². The molecule has 0 aliphatic heterocycles. The first-order valence-corrected chi connectivity index (χ1v) is 7.87. The summed E-state index contributed by atoms with van der Waals surface area (Å²) in [6.07, 6.45) is 2.25. The fraction of sp³-hybridized carbons (Fsp3) is 0.0588. The van der Waals surface area contributed by atoms with Gasteiger partial charge in [-0.1, -0.05) is 52.6 Å². The quantitative estimate of drug-likeness (QED) is 0.679. The van der Waals surface area contributed by atoms with Crippen molar-refractivity contribution >= 4 is 29.5 Å². The number of hydrogen-bond donors (Lipinski definition) is 1. The number of ether oxygens (including phenoxy) is 1. The van der Waals surface area contributed by atoms with Crippen molar-refractivity contribution < 1.29 is 14.6 Å². The van der Waals surface area contributed by atoms with E-state index >= 15 is 0 Å². The van der Waals surface area contributed by atoms with Gasteiger partial charge < -0.3 is 9.84 Å². The smallest absolute Gasteiger partial charge is 0.336 e. The highest BCUT2D eigenvalue weighted by molar-refractivity contribution is 6.37. The van der Waals surface area contributed by atoms with E-state index in [9.17, 15) is 9.90 Å². The maximum Gasteiger partial charge on any atom is 0.336 e. The normalized spacial score (nSPS) is 10.5. The van der Waals surface area contributed by atoms with Gasteiger partial charge in [0.15, 0.2) is 5.75 Å². The molecule has 1 aromatic heterocycles. The average molecular weight is 376 g/mol. The Morgan fingerprint density at radius 3 is 2.32 bits per heavy atom. The predicted octanol–water partition coefficient (Wildman–Crippen LogP) is 3.94. The van der Waals surface area contributed by atoms with E-state index in [0.717, 1.165) is 11.8 Å². The van der Waals surface area contributed by atoms with Gasteiger partial charge in [-0.2, -0.15) is 0 Å². The fourth-order valence-corrected chi connectivity index (χ4v) is 2.50. The molecule has 0 unspecified atom stereocenters. The lowest BCUT2D eigenvalue weighted by molar-refractivity contribution is 0.112. The maximum atomic E-state index is 10.6. The van der Waals surface area contributed by atoms with Gasteiger partial charge >= 0.3 is 6.01 Å². The Morgan fingerprint density at radius 1 is 1.08 bits per heavy atom. The Hall–Kier alpha value is -2.70. The fourth-order valence-electron chi connectivity index (χ4n) is 2.02. The summed E-state index contributed by atoms with van der Waals surface area (Å²) in [5.41, 5.74) is 2.47. The first-order chi connectivity index (χ1) is 12.1. The minimum absolute atomic E-state index is 0.110. The molecule has 2 aromatic carbocycles. The summed E-state index contributed by atoms with van der Waals surface area (Å²) >= 11 is 11.8. The van der Waals surface area contributed by atoms with Crippen molar-refractivity contribution in [2.24, 2.45) is 0 Å². The second kappa shape index (κ2) is 7.46. The van der Waals surface area contributed by atoms with E-state index in [0.29, 0.717) is 16.8 Å². The summed E-state index contributed by atoms with van der Waals surface area (Å²) in [6, 6.07) is 10.1. The molecule has 1 N–H and O–H groups in total. The van der Waals surface area contributed by atoms with E-state index in [2.05, 4.69) is 15.2 Å². The van der Waals surface area contributed by atoms with Crippen molar-refractivity contribution in [3.05, 3.63) is 63.8 Å². The van der Waals surface area contributed by atoms with Crippen LogP contribution < -0.4 is 4.74 Å². The topological polar surface area (TPSA) is 85.2 Å². The minimum atomic E-state index is -0.187. The number of rotatable bonds is 5. The highest BCUT2D eigenvalue weighted by Crippen LogP contribution is 2.35. The number of aldehydes is 1. The summed E-state index contributed by atoms with van der Waals surface area (Å²) in [6.45, 7) is 0.247. The Morgan fingerprint density at radius 2 is 1.76 bits per heavy atom. The van der Waals surface area contributed by atoms with Gasteiger partial charge in [-0.15, -0.1) is 5.10 Å². The summed E-state index contributed by atoms with van der Waals surface area (Å²) < 4.78 is 5.46. The highest BCUT2D eigenvalue weighted by atomic mass is 35.5. The molecule has 126 valence electrons. The molecule has 0 saturated heterocycles. The number of aromatic nitrogens is 3. The summed E-state index contributed by atoms with van der Waals surface area (Å²) in [5.74, 6) is -0.187. The maximum absolute atomic E-state index is 10.6. The van der Waals surface area contributed by atoms with Gasteiger partial charge in [-0.3, -0.25) is 4.79 Å². The first kappa shape index (κ1) is 17.1. The number of phenols is 1. The molecule has 25 heavy (non-hydrogen) atoms. The summed E-state index contributed by atoms with van der Waals surface area (Å²) in [5, 5.41) is 17.7. The van der Waals surface area contributed by atoms with Crippen LogP contribution in [0.15, 0.2) is 42.6 Å². The number of nitrogens with zero attached hydrogens (tertiary/aromatic N) is 3. The van der Waals surface area contributed by atoms with Gasteiger partial charge in [0.2, 0.25) is 0 Å². The van der Waals surface area contributed by atoms with Crippen LogP contribution in [0.3, 0.4) is 0 Å². The molecule has 0 spiro atoms. The molecule has 0 bridgehead atoms. The van der Waals surface area contributed by atoms with E-state index in [1.807, 2.05) is 0 Å². The number of hydrogen-bond acceptors (Lipinski definition) is 6. The van der Waals surface area contributed by atoms with Crippen molar-refractivity contribution in [1.29, 1.82) is 0 Å². The van der Waals surface area contributed by atoms with Crippen LogP contribution in [0, 0.1) is 0 Å². The molecular weight excluding hydrogens is 365 g/mol. The molecule has 3 rings (SSSR count). The van der Waals surface area contributed by atoms with Crippen LogP contribution in [-0.4, -0.2) is 26.6 Å². The van der Waals surface area contributed by atoms with Gasteiger partial charge in [0.1, 0.15) is 18.6 Å². The first-order valence-electron chi connectivity index (χ1n) is 7.12. The summed E-state index contributed by atoms with van der Waals surface area (Å²) in [4.78, 5) is 14.7. The third-order valence-electron chi connectivity index (χ3n) is 3.34. The lowest BCUT2D eigenvalue weighted by Crippen LogP contribution is -2.01. The third-order valence-corrected chi connectivity index (χ3v) is 3.91. The molecule has 1 heterocycles. The van der Waals surface area contributed by atoms with Gasteiger partial charge in [0.25, 0.3) is 0 Å². The van der Waals surface area contributed by atoms with Crippen LogP contribution in [0.25, 0.3) is 11.3 Å². The molecule has 0 amide bonds. The Kier molecular flexibility index (Phi) is 5.11. The number of benzene rings is 2. The average Bonchev–Trinajstić information content (AvgIpc) is 2.65. The largest absolute Gasteiger partial charge is 0.505 e. The van der Waals surface area contributed by atoms with Gasteiger partial charge in [0.05, 0.1) is 16.2 Å². The second-order valence-electron chi connectivity index (χ2n) is 5.06. The van der Waals surface area contributed by atoms with E-state index < -0.39 is 0 Å². The van der Waals surface area contributed by atoms with Crippen LogP contribution in [0.5, 0.6) is 11.8 Å². The lowest BCUT2D eigenvalue weighted by atomic mass is 10.1. The zero-order valence-electron chi connectivity index (χ0n) is 12.7. The standard InChI is InChI=1S/C17H11Cl2N3O3/c18-13-5-12(6-14(19)16(13)24)15-7-20-17(22-21-15)25-9-11-3-1-10(8-23)2-4-11/h1-8,24H,9H2. The van der Waals surface area contributed by atoms with E-state index in [4.69, 9.17) is 27.9 Å². The second-order valence-corrected chi connectivity index (χ2v) is 5.88. The SMILES string of the molecule is O=Cc1ccc(COc2ncc(-c3cc(Cl)c(O)c(Cl)c3)nn2)cc1. The van der Waals surface area contributed by atoms with E-state index in [1.165, 1.54) is 18.3 Å². The molecular formula is C17H11Cl2N3O3. The van der Waals surface area contributed by atoms with Crippen molar-refractivity contribution in [2.75, 3.05) is 0 Å². The van der Waals surface area contributed by atoms with Crippen LogP contribution >= 0.6 is 23.2 Å². The third kappa shape index (κ3) is 4.04. The Bertz CT molecular complexity index is 877. The van der Waals surface area contributed by atoms with Gasteiger partial charge in [0, 0.05) is 11.1 Å². The van der Waals surface area contributed by atoms with Crippen molar-refractivity contribution in [3.63, 3.8) is 0 Å². The molecule has 6 nitrogen and oxygen atoms in total. The van der Waals surface area contributed by atoms with Crippen LogP contribution in [0.1, 0.15) is 15.9 Å². The highest BCUT2D eigenvalue weighted by Gasteiger charge is 2.10. The van der Waals surface area contributed by atoms with Gasteiger partial charge in [-0.25, -0.2) is 4.98 Å². The molecule has 0 atom stereocenters. The lowest BCUT2D eigenvalue weighted by Gasteiger charge is -2.06. The molecule has 0 aliphatic carbocycles. The Balaban J connectivity index is 1.70. The van der Waals surface area contributed by atoms with Crippen LogP contribution in [0.2, 0.25) is 10.0 Å². The van der Waals surface area contributed by atoms with Crippen molar-refractivity contribution in [3.8, 4) is 23.0 Å². The van der Waals surface area contributed by atoms with E-state index in [-0.39, 0.29) is 28.4 Å². The monoisotopic (exact) mass is 375 g/mol. The Labute approximate surface area is 153 Å². The molecule has 3 aromatic rings. The molecule has 0 aliphatic rings. The minimum Gasteiger partial charge on any atom is -0.505 e. The molecule has 0 saturated carbocycles.